The van der Waals surface area contributed by atoms with Crippen molar-refractivity contribution in [2.24, 2.45) is 0 Å². The van der Waals surface area contributed by atoms with E-state index in [0.717, 1.165) is 31.1 Å². The number of carbonyl (C=O) groups excluding carboxylic acids is 1. The van der Waals surface area contributed by atoms with Gasteiger partial charge in [0.15, 0.2) is 0 Å². The molecule has 1 aromatic rings. The van der Waals surface area contributed by atoms with E-state index in [9.17, 15) is 4.79 Å². The van der Waals surface area contributed by atoms with Crippen molar-refractivity contribution in [3.8, 4) is 6.07 Å². The minimum absolute atomic E-state index is 0.0123. The van der Waals surface area contributed by atoms with Gasteiger partial charge in [0, 0.05) is 24.5 Å². The lowest BCUT2D eigenvalue weighted by Crippen LogP contribution is -2.27. The summed E-state index contributed by atoms with van der Waals surface area (Å²) < 4.78 is 0. The molecule has 0 saturated heterocycles. The average Bonchev–Trinajstić information content (AvgIpc) is 2.42. The van der Waals surface area contributed by atoms with Gasteiger partial charge in [-0.15, -0.1) is 0 Å². The quantitative estimate of drug-likeness (QED) is 0.598. The second-order valence-corrected chi connectivity index (χ2v) is 4.96. The molecule has 1 rings (SSSR count). The molecule has 0 heterocycles. The van der Waals surface area contributed by atoms with E-state index in [0.29, 0.717) is 11.1 Å². The molecule has 0 fully saturated rings. The molecule has 0 aromatic heterocycles. The summed E-state index contributed by atoms with van der Waals surface area (Å²) in [6, 6.07) is 8.79. The Bertz CT molecular complexity index is 422. The van der Waals surface area contributed by atoms with Crippen molar-refractivity contribution < 1.29 is 4.79 Å². The van der Waals surface area contributed by atoms with E-state index in [1.54, 1.807) is 29.2 Å². The normalized spacial score (nSPS) is 9.83. The fraction of sp³-hybridized carbons (Fsp3) is 0.429. The Morgan fingerprint density at radius 2 is 1.94 bits per heavy atom. The maximum absolute atomic E-state index is 12.0. The summed E-state index contributed by atoms with van der Waals surface area (Å²) in [5, 5.41) is 9.71. The number of alkyl halides is 1. The number of unbranched alkanes of at least 4 members (excludes halogenated alkanes) is 2. The van der Waals surface area contributed by atoms with Crippen molar-refractivity contribution >= 4 is 21.8 Å². The van der Waals surface area contributed by atoms with E-state index in [4.69, 9.17) is 5.26 Å². The highest BCUT2D eigenvalue weighted by molar-refractivity contribution is 9.09. The molecular weight excluding hydrogens is 292 g/mol. The summed E-state index contributed by atoms with van der Waals surface area (Å²) >= 11 is 3.39. The lowest BCUT2D eigenvalue weighted by molar-refractivity contribution is 0.0793. The Balaban J connectivity index is 2.49. The maximum atomic E-state index is 12.0. The van der Waals surface area contributed by atoms with Gasteiger partial charge in [0.25, 0.3) is 5.91 Å². The molecule has 0 radical (unpaired) electrons. The number of halogens is 1. The molecule has 0 aliphatic heterocycles. The topological polar surface area (TPSA) is 44.1 Å². The number of carbonyl (C=O) groups is 1. The minimum atomic E-state index is 0.0123. The van der Waals surface area contributed by atoms with Crippen LogP contribution in [0, 0.1) is 11.3 Å². The van der Waals surface area contributed by atoms with Crippen LogP contribution in [-0.2, 0) is 0 Å². The van der Waals surface area contributed by atoms with Crippen molar-refractivity contribution in [2.45, 2.75) is 19.3 Å². The van der Waals surface area contributed by atoms with E-state index in [-0.39, 0.29) is 5.91 Å². The monoisotopic (exact) mass is 308 g/mol. The molecule has 1 amide bonds. The molecule has 18 heavy (non-hydrogen) atoms. The number of benzene rings is 1. The second-order valence-electron chi connectivity index (χ2n) is 4.17. The van der Waals surface area contributed by atoms with E-state index in [1.165, 1.54) is 0 Å². The van der Waals surface area contributed by atoms with Crippen LogP contribution in [0.5, 0.6) is 0 Å². The predicted molar refractivity (Wildman–Crippen MR) is 75.8 cm³/mol. The van der Waals surface area contributed by atoms with Crippen LogP contribution in [-0.4, -0.2) is 29.7 Å². The van der Waals surface area contributed by atoms with Crippen LogP contribution in [0.25, 0.3) is 0 Å². The van der Waals surface area contributed by atoms with Gasteiger partial charge in [-0.2, -0.15) is 5.26 Å². The highest BCUT2D eigenvalue weighted by Gasteiger charge is 2.10. The lowest BCUT2D eigenvalue weighted by atomic mass is 10.1. The van der Waals surface area contributed by atoms with Crippen LogP contribution in [0.3, 0.4) is 0 Å². The summed E-state index contributed by atoms with van der Waals surface area (Å²) in [4.78, 5) is 13.8. The first kappa shape index (κ1) is 14.7. The minimum Gasteiger partial charge on any atom is -0.342 e. The smallest absolute Gasteiger partial charge is 0.253 e. The number of nitriles is 1. The van der Waals surface area contributed by atoms with Crippen LogP contribution in [0.15, 0.2) is 24.3 Å². The van der Waals surface area contributed by atoms with Gasteiger partial charge >= 0.3 is 0 Å². The number of rotatable bonds is 6. The molecule has 0 aliphatic rings. The summed E-state index contributed by atoms with van der Waals surface area (Å²) in [6.07, 6.45) is 3.28. The van der Waals surface area contributed by atoms with Gasteiger partial charge in [0.1, 0.15) is 0 Å². The predicted octanol–water partition coefficient (Wildman–Crippen LogP) is 3.20. The first-order valence-electron chi connectivity index (χ1n) is 6.00. The molecule has 96 valence electrons. The van der Waals surface area contributed by atoms with Crippen molar-refractivity contribution in [3.63, 3.8) is 0 Å². The summed E-state index contributed by atoms with van der Waals surface area (Å²) in [6.45, 7) is 0.770. The van der Waals surface area contributed by atoms with E-state index in [2.05, 4.69) is 15.9 Å². The average molecular weight is 309 g/mol. The molecule has 0 spiro atoms. The van der Waals surface area contributed by atoms with Gasteiger partial charge in [0.2, 0.25) is 0 Å². The molecular formula is C14H17BrN2O. The van der Waals surface area contributed by atoms with Crippen LogP contribution in [0.4, 0.5) is 0 Å². The Morgan fingerprint density at radius 1 is 1.28 bits per heavy atom. The van der Waals surface area contributed by atoms with Crippen molar-refractivity contribution in [2.75, 3.05) is 18.9 Å². The van der Waals surface area contributed by atoms with Gasteiger partial charge in [-0.25, -0.2) is 0 Å². The van der Waals surface area contributed by atoms with Crippen LogP contribution < -0.4 is 0 Å². The first-order chi connectivity index (χ1) is 8.69. The molecule has 0 N–H and O–H groups in total. The summed E-state index contributed by atoms with van der Waals surface area (Å²) in [7, 11) is 1.81. The van der Waals surface area contributed by atoms with Crippen LogP contribution >= 0.6 is 15.9 Å². The Kier molecular flexibility index (Phi) is 6.45. The van der Waals surface area contributed by atoms with Gasteiger partial charge in [-0.3, -0.25) is 4.79 Å². The number of hydrogen-bond acceptors (Lipinski definition) is 2. The van der Waals surface area contributed by atoms with Gasteiger partial charge in [-0.1, -0.05) is 22.4 Å². The van der Waals surface area contributed by atoms with E-state index < -0.39 is 0 Å². The van der Waals surface area contributed by atoms with Crippen LogP contribution in [0.1, 0.15) is 35.2 Å². The molecule has 0 unspecified atom stereocenters. The molecule has 1 aromatic carbocycles. The van der Waals surface area contributed by atoms with Crippen LogP contribution in [0.2, 0.25) is 0 Å². The number of amides is 1. The molecule has 0 aliphatic carbocycles. The van der Waals surface area contributed by atoms with Crippen molar-refractivity contribution in [1.82, 2.24) is 4.90 Å². The Hall–Kier alpha value is -1.34. The zero-order chi connectivity index (χ0) is 13.4. The van der Waals surface area contributed by atoms with Gasteiger partial charge in [0.05, 0.1) is 11.6 Å². The fourth-order valence-corrected chi connectivity index (χ4v) is 2.03. The summed E-state index contributed by atoms with van der Waals surface area (Å²) in [5.41, 5.74) is 1.21. The Labute approximate surface area is 117 Å². The third-order valence-corrected chi connectivity index (χ3v) is 3.30. The van der Waals surface area contributed by atoms with Crippen molar-refractivity contribution in [3.05, 3.63) is 35.4 Å². The second kappa shape index (κ2) is 7.88. The highest BCUT2D eigenvalue weighted by atomic mass is 79.9. The maximum Gasteiger partial charge on any atom is 0.253 e. The zero-order valence-corrected chi connectivity index (χ0v) is 12.1. The standard InChI is InChI=1S/C14H17BrN2O/c1-17(10-4-2-3-9-15)14(18)13-7-5-12(11-16)6-8-13/h5-8H,2-4,9-10H2,1H3. The molecule has 0 bridgehead atoms. The molecule has 0 atom stereocenters. The lowest BCUT2D eigenvalue weighted by Gasteiger charge is -2.17. The molecule has 0 saturated carbocycles. The first-order valence-corrected chi connectivity index (χ1v) is 7.12. The fourth-order valence-electron chi connectivity index (χ4n) is 1.63. The Morgan fingerprint density at radius 3 is 2.50 bits per heavy atom. The molecule has 3 nitrogen and oxygen atoms in total. The molecule has 4 heteroatoms. The third-order valence-electron chi connectivity index (χ3n) is 2.73. The largest absolute Gasteiger partial charge is 0.342 e. The number of nitrogens with zero attached hydrogens (tertiary/aromatic N) is 2. The number of hydrogen-bond donors (Lipinski definition) is 0. The third kappa shape index (κ3) is 4.50. The summed E-state index contributed by atoms with van der Waals surface area (Å²) in [5.74, 6) is 0.0123. The highest BCUT2D eigenvalue weighted by Crippen LogP contribution is 2.07. The van der Waals surface area contributed by atoms with E-state index >= 15 is 0 Å². The zero-order valence-electron chi connectivity index (χ0n) is 10.5. The van der Waals surface area contributed by atoms with E-state index in [1.807, 2.05) is 13.1 Å². The van der Waals surface area contributed by atoms with Crippen molar-refractivity contribution in [1.29, 1.82) is 5.26 Å². The SMILES string of the molecule is CN(CCCCCBr)C(=O)c1ccc(C#N)cc1. The van der Waals surface area contributed by atoms with Gasteiger partial charge in [-0.05, 0) is 37.1 Å². The van der Waals surface area contributed by atoms with Gasteiger partial charge < -0.3 is 4.90 Å².